The van der Waals surface area contributed by atoms with Crippen LogP contribution in [0.15, 0.2) is 35.5 Å². The molecular formula is C16H21NO. The maximum Gasteiger partial charge on any atom is 0.0648 e. The molecule has 1 N–H and O–H groups in total. The van der Waals surface area contributed by atoms with Crippen LogP contribution in [0.2, 0.25) is 0 Å². The average Bonchev–Trinajstić information content (AvgIpc) is 2.46. The molecule has 2 fully saturated rings. The Labute approximate surface area is 109 Å². The number of hydrogen-bond donors (Lipinski definition) is 1. The van der Waals surface area contributed by atoms with E-state index in [1.165, 1.54) is 37.7 Å². The summed E-state index contributed by atoms with van der Waals surface area (Å²) in [5, 5.41) is 12.9. The van der Waals surface area contributed by atoms with Crippen LogP contribution in [0.3, 0.4) is 0 Å². The van der Waals surface area contributed by atoms with Crippen molar-refractivity contribution < 1.29 is 5.21 Å². The third-order valence-electron chi connectivity index (χ3n) is 4.81. The quantitative estimate of drug-likeness (QED) is 0.582. The first-order valence-electron chi connectivity index (χ1n) is 7.14. The molecule has 2 heteroatoms. The Morgan fingerprint density at radius 3 is 2.44 bits per heavy atom. The number of hydrogen-bond acceptors (Lipinski definition) is 2. The van der Waals surface area contributed by atoms with Gasteiger partial charge in [0.1, 0.15) is 0 Å². The van der Waals surface area contributed by atoms with Crippen LogP contribution in [0, 0.1) is 11.8 Å². The van der Waals surface area contributed by atoms with E-state index in [-0.39, 0.29) is 0 Å². The minimum atomic E-state index is 0.343. The van der Waals surface area contributed by atoms with Crippen LogP contribution in [0.25, 0.3) is 0 Å². The maximum atomic E-state index is 9.30. The zero-order valence-electron chi connectivity index (χ0n) is 10.8. The summed E-state index contributed by atoms with van der Waals surface area (Å²) in [5.74, 6) is 1.95. The van der Waals surface area contributed by atoms with E-state index in [2.05, 4.69) is 29.4 Å². The van der Waals surface area contributed by atoms with Crippen LogP contribution in [-0.2, 0) is 0 Å². The monoisotopic (exact) mass is 243 g/mol. The molecule has 0 heterocycles. The summed E-state index contributed by atoms with van der Waals surface area (Å²) in [5.41, 5.74) is 2.32. The van der Waals surface area contributed by atoms with Crippen molar-refractivity contribution >= 4 is 5.71 Å². The lowest BCUT2D eigenvalue weighted by Gasteiger charge is -2.39. The molecule has 0 unspecified atom stereocenters. The van der Waals surface area contributed by atoms with Gasteiger partial charge in [-0.2, -0.15) is 0 Å². The molecule has 18 heavy (non-hydrogen) atoms. The fourth-order valence-electron chi connectivity index (χ4n) is 3.84. The molecule has 2 aliphatic rings. The predicted molar refractivity (Wildman–Crippen MR) is 73.1 cm³/mol. The fraction of sp³-hybridized carbons (Fsp3) is 0.562. The Morgan fingerprint density at radius 1 is 1.00 bits per heavy atom. The number of oxime groups is 1. The van der Waals surface area contributed by atoms with Gasteiger partial charge in [-0.3, -0.25) is 0 Å². The van der Waals surface area contributed by atoms with E-state index in [1.807, 2.05) is 6.07 Å². The standard InChI is InChI=1S/C16H21NO/c18-17-16-11-14-9-5-4-8-13(14)10-15(16)12-6-2-1-3-7-12/h1-3,6-7,13-15,18H,4-5,8-11H2/b17-16+/t13-,14-,15-/m0/s1. The van der Waals surface area contributed by atoms with Crippen molar-refractivity contribution in [3.63, 3.8) is 0 Å². The van der Waals surface area contributed by atoms with Crippen molar-refractivity contribution in [3.8, 4) is 0 Å². The minimum Gasteiger partial charge on any atom is -0.411 e. The summed E-state index contributed by atoms with van der Waals surface area (Å²) < 4.78 is 0. The minimum absolute atomic E-state index is 0.343. The van der Waals surface area contributed by atoms with E-state index < -0.39 is 0 Å². The predicted octanol–water partition coefficient (Wildman–Crippen LogP) is 4.20. The van der Waals surface area contributed by atoms with Gasteiger partial charge < -0.3 is 5.21 Å². The molecule has 0 radical (unpaired) electrons. The van der Waals surface area contributed by atoms with Crippen molar-refractivity contribution in [2.24, 2.45) is 17.0 Å². The third kappa shape index (κ3) is 2.16. The molecule has 2 aliphatic carbocycles. The molecule has 3 atom stereocenters. The lowest BCUT2D eigenvalue weighted by molar-refractivity contribution is 0.203. The van der Waals surface area contributed by atoms with Gasteiger partial charge in [0.15, 0.2) is 0 Å². The normalized spacial score (nSPS) is 34.2. The number of fused-ring (bicyclic) bond motifs is 1. The molecule has 2 nitrogen and oxygen atoms in total. The molecule has 0 amide bonds. The van der Waals surface area contributed by atoms with Crippen LogP contribution in [-0.4, -0.2) is 10.9 Å². The third-order valence-corrected chi connectivity index (χ3v) is 4.81. The second kappa shape index (κ2) is 5.13. The second-order valence-electron chi connectivity index (χ2n) is 5.80. The molecule has 1 aromatic carbocycles. The van der Waals surface area contributed by atoms with Gasteiger partial charge in [0.25, 0.3) is 0 Å². The smallest absolute Gasteiger partial charge is 0.0648 e. The molecule has 3 rings (SSSR count). The van der Waals surface area contributed by atoms with Gasteiger partial charge in [-0.25, -0.2) is 0 Å². The SMILES string of the molecule is O/N=C1\C[C@@H]2CCCC[C@H]2C[C@H]1c1ccccc1. The zero-order valence-corrected chi connectivity index (χ0v) is 10.8. The lowest BCUT2D eigenvalue weighted by atomic mass is 9.65. The van der Waals surface area contributed by atoms with Crippen molar-refractivity contribution in [1.29, 1.82) is 0 Å². The summed E-state index contributed by atoms with van der Waals surface area (Å²) >= 11 is 0. The topological polar surface area (TPSA) is 32.6 Å². The van der Waals surface area contributed by atoms with Crippen LogP contribution in [0.5, 0.6) is 0 Å². The van der Waals surface area contributed by atoms with Gasteiger partial charge in [0.2, 0.25) is 0 Å². The average molecular weight is 243 g/mol. The maximum absolute atomic E-state index is 9.30. The summed E-state index contributed by atoms with van der Waals surface area (Å²) in [6.07, 6.45) is 7.61. The molecule has 0 aromatic heterocycles. The highest BCUT2D eigenvalue weighted by Gasteiger charge is 2.36. The Hall–Kier alpha value is -1.31. The van der Waals surface area contributed by atoms with E-state index in [1.54, 1.807) is 0 Å². The Balaban J connectivity index is 1.85. The van der Waals surface area contributed by atoms with E-state index in [0.29, 0.717) is 5.92 Å². The van der Waals surface area contributed by atoms with Crippen LogP contribution in [0.1, 0.15) is 50.0 Å². The van der Waals surface area contributed by atoms with Gasteiger partial charge in [-0.05, 0) is 36.7 Å². The Morgan fingerprint density at radius 2 is 1.72 bits per heavy atom. The Kier molecular flexibility index (Phi) is 3.35. The molecule has 0 aliphatic heterocycles. The molecule has 2 saturated carbocycles. The molecule has 0 saturated heterocycles. The van der Waals surface area contributed by atoms with Crippen LogP contribution in [0.4, 0.5) is 0 Å². The van der Waals surface area contributed by atoms with Crippen molar-refractivity contribution in [1.82, 2.24) is 0 Å². The van der Waals surface area contributed by atoms with Crippen molar-refractivity contribution in [2.45, 2.75) is 44.4 Å². The van der Waals surface area contributed by atoms with E-state index in [4.69, 9.17) is 0 Å². The zero-order chi connectivity index (χ0) is 12.4. The lowest BCUT2D eigenvalue weighted by Crippen LogP contribution is -2.33. The summed E-state index contributed by atoms with van der Waals surface area (Å²) in [6, 6.07) is 10.5. The van der Waals surface area contributed by atoms with Crippen LogP contribution >= 0.6 is 0 Å². The summed E-state index contributed by atoms with van der Waals surface area (Å²) in [6.45, 7) is 0. The fourth-order valence-corrected chi connectivity index (χ4v) is 3.84. The van der Waals surface area contributed by atoms with Crippen molar-refractivity contribution in [3.05, 3.63) is 35.9 Å². The van der Waals surface area contributed by atoms with Crippen LogP contribution < -0.4 is 0 Å². The highest BCUT2D eigenvalue weighted by Crippen LogP contribution is 2.44. The number of nitrogens with zero attached hydrogens (tertiary/aromatic N) is 1. The summed E-state index contributed by atoms with van der Waals surface area (Å²) in [7, 11) is 0. The van der Waals surface area contributed by atoms with E-state index in [9.17, 15) is 5.21 Å². The molecule has 1 aromatic rings. The molecular weight excluding hydrogens is 222 g/mol. The van der Waals surface area contributed by atoms with Crippen molar-refractivity contribution in [2.75, 3.05) is 0 Å². The largest absolute Gasteiger partial charge is 0.411 e. The first-order valence-corrected chi connectivity index (χ1v) is 7.14. The molecule has 96 valence electrons. The first-order chi connectivity index (χ1) is 8.88. The molecule has 0 spiro atoms. The summed E-state index contributed by atoms with van der Waals surface area (Å²) in [4.78, 5) is 0. The number of benzene rings is 1. The highest BCUT2D eigenvalue weighted by molar-refractivity contribution is 5.91. The van der Waals surface area contributed by atoms with Gasteiger partial charge in [-0.15, -0.1) is 0 Å². The highest BCUT2D eigenvalue weighted by atomic mass is 16.4. The van der Waals surface area contributed by atoms with E-state index >= 15 is 0 Å². The molecule has 0 bridgehead atoms. The van der Waals surface area contributed by atoms with Gasteiger partial charge in [-0.1, -0.05) is 54.8 Å². The second-order valence-corrected chi connectivity index (χ2v) is 5.80. The van der Waals surface area contributed by atoms with E-state index in [0.717, 1.165) is 24.0 Å². The van der Waals surface area contributed by atoms with Gasteiger partial charge >= 0.3 is 0 Å². The number of rotatable bonds is 1. The Bertz CT molecular complexity index is 426. The van der Waals surface area contributed by atoms with Gasteiger partial charge in [0, 0.05) is 5.92 Å². The van der Waals surface area contributed by atoms with Gasteiger partial charge in [0.05, 0.1) is 5.71 Å². The first kappa shape index (κ1) is 11.8.